The zero-order chi connectivity index (χ0) is 21.9. The number of ether oxygens (including phenoxy) is 1. The largest absolute Gasteiger partial charge is 0.474 e. The second-order valence-corrected chi connectivity index (χ2v) is 8.31. The Bertz CT molecular complexity index is 1240. The molecule has 0 saturated carbocycles. The number of anilines is 1. The molecule has 0 aliphatic carbocycles. The molecule has 1 aliphatic rings. The van der Waals surface area contributed by atoms with Gasteiger partial charge in [-0.3, -0.25) is 9.88 Å². The number of pyridine rings is 1. The minimum atomic E-state index is 0.280. The number of nitrogen functional groups attached to an aromatic ring is 1. The van der Waals surface area contributed by atoms with Crippen molar-refractivity contribution >= 4 is 28.3 Å². The third kappa shape index (κ3) is 4.24. The van der Waals surface area contributed by atoms with Crippen LogP contribution in [0, 0.1) is 0 Å². The van der Waals surface area contributed by atoms with E-state index in [-0.39, 0.29) is 5.82 Å². The summed E-state index contributed by atoms with van der Waals surface area (Å²) in [5.41, 5.74) is 10.2. The van der Waals surface area contributed by atoms with Crippen LogP contribution < -0.4 is 10.5 Å². The summed E-state index contributed by atoms with van der Waals surface area (Å²) in [5.74, 6) is 0.629. The summed E-state index contributed by atoms with van der Waals surface area (Å²) < 4.78 is 5.98. The smallest absolute Gasteiger partial charge is 0.257 e. The van der Waals surface area contributed by atoms with E-state index in [0.717, 1.165) is 41.7 Å². The van der Waals surface area contributed by atoms with E-state index in [0.29, 0.717) is 28.9 Å². The topological polar surface area (TPSA) is 77.2 Å². The molecule has 4 aromatic rings. The van der Waals surface area contributed by atoms with Crippen molar-refractivity contribution in [2.75, 3.05) is 32.0 Å². The minimum absolute atomic E-state index is 0.280. The number of likely N-dealkylation sites (tertiary alicyclic amines) is 1. The first-order chi connectivity index (χ1) is 15.7. The first kappa shape index (κ1) is 20.7. The molecule has 7 heteroatoms. The fourth-order valence-corrected chi connectivity index (χ4v) is 4.38. The summed E-state index contributed by atoms with van der Waals surface area (Å²) in [6, 6.07) is 17.7. The maximum absolute atomic E-state index is 6.57. The lowest BCUT2D eigenvalue weighted by Crippen LogP contribution is -2.25. The Morgan fingerprint density at radius 3 is 2.53 bits per heavy atom. The van der Waals surface area contributed by atoms with E-state index in [1.165, 1.54) is 12.8 Å². The fourth-order valence-electron chi connectivity index (χ4n) is 4.10. The average Bonchev–Trinajstić information content (AvgIpc) is 3.34. The molecule has 0 unspecified atom stereocenters. The predicted molar refractivity (Wildman–Crippen MR) is 129 cm³/mol. The Hall–Kier alpha value is -3.22. The van der Waals surface area contributed by atoms with Crippen molar-refractivity contribution < 1.29 is 4.74 Å². The van der Waals surface area contributed by atoms with E-state index < -0.39 is 0 Å². The molecule has 6 nitrogen and oxygen atoms in total. The molecule has 0 radical (unpaired) electrons. The van der Waals surface area contributed by atoms with Crippen LogP contribution in [0.1, 0.15) is 12.8 Å². The molecule has 0 amide bonds. The van der Waals surface area contributed by atoms with E-state index in [9.17, 15) is 0 Å². The predicted octanol–water partition coefficient (Wildman–Crippen LogP) is 5.07. The number of nitrogens with zero attached hydrogens (tertiary/aromatic N) is 4. The standard InChI is InChI=1S/C25H24ClN5O/c26-20-16-19(15-18-9-6-10-28-21(18)20)23-22(17-7-2-1-3-8-17)29-24(27)25(30-23)32-14-13-31-11-4-5-12-31/h1-3,6-10,15-16H,4-5,11-14H2,(H2,27,29). The number of hydrogen-bond donors (Lipinski definition) is 1. The molecule has 2 aromatic carbocycles. The lowest BCUT2D eigenvalue weighted by Gasteiger charge is -2.17. The summed E-state index contributed by atoms with van der Waals surface area (Å²) in [4.78, 5) is 16.3. The van der Waals surface area contributed by atoms with Gasteiger partial charge in [0.15, 0.2) is 5.82 Å². The maximum atomic E-state index is 6.57. The summed E-state index contributed by atoms with van der Waals surface area (Å²) in [7, 11) is 0. The molecular weight excluding hydrogens is 422 g/mol. The molecule has 1 saturated heterocycles. The number of aromatic nitrogens is 3. The van der Waals surface area contributed by atoms with E-state index >= 15 is 0 Å². The third-order valence-corrected chi connectivity index (χ3v) is 6.00. The van der Waals surface area contributed by atoms with Crippen LogP contribution in [-0.2, 0) is 0 Å². The molecular formula is C25H24ClN5O. The highest BCUT2D eigenvalue weighted by Gasteiger charge is 2.18. The molecule has 0 atom stereocenters. The van der Waals surface area contributed by atoms with Crippen molar-refractivity contribution in [3.05, 3.63) is 65.8 Å². The minimum Gasteiger partial charge on any atom is -0.474 e. The van der Waals surface area contributed by atoms with E-state index in [2.05, 4.69) is 9.88 Å². The average molecular weight is 446 g/mol. The van der Waals surface area contributed by atoms with Crippen LogP contribution in [0.4, 0.5) is 5.82 Å². The molecule has 0 bridgehead atoms. The van der Waals surface area contributed by atoms with Gasteiger partial charge in [-0.1, -0.05) is 48.0 Å². The summed E-state index contributed by atoms with van der Waals surface area (Å²) in [6.45, 7) is 3.61. The van der Waals surface area contributed by atoms with E-state index in [1.54, 1.807) is 6.20 Å². The van der Waals surface area contributed by atoms with Crippen LogP contribution >= 0.6 is 11.6 Å². The summed E-state index contributed by atoms with van der Waals surface area (Å²) >= 11 is 6.57. The first-order valence-electron chi connectivity index (χ1n) is 10.8. The van der Waals surface area contributed by atoms with Crippen molar-refractivity contribution in [2.45, 2.75) is 12.8 Å². The van der Waals surface area contributed by atoms with Crippen molar-refractivity contribution in [3.8, 4) is 28.4 Å². The van der Waals surface area contributed by atoms with Gasteiger partial charge in [0.2, 0.25) is 0 Å². The highest BCUT2D eigenvalue weighted by Crippen LogP contribution is 2.36. The van der Waals surface area contributed by atoms with Gasteiger partial charge in [0.25, 0.3) is 5.88 Å². The Kier molecular flexibility index (Phi) is 5.88. The van der Waals surface area contributed by atoms with Gasteiger partial charge in [-0.25, -0.2) is 9.97 Å². The van der Waals surface area contributed by atoms with Crippen molar-refractivity contribution in [1.82, 2.24) is 19.9 Å². The molecule has 0 spiro atoms. The fraction of sp³-hybridized carbons (Fsp3) is 0.240. The van der Waals surface area contributed by atoms with Crippen molar-refractivity contribution in [3.63, 3.8) is 0 Å². The Balaban J connectivity index is 1.57. The number of hydrogen-bond acceptors (Lipinski definition) is 6. The monoisotopic (exact) mass is 445 g/mol. The lowest BCUT2D eigenvalue weighted by molar-refractivity contribution is 0.232. The Labute approximate surface area is 192 Å². The highest BCUT2D eigenvalue weighted by atomic mass is 35.5. The Morgan fingerprint density at radius 1 is 0.938 bits per heavy atom. The summed E-state index contributed by atoms with van der Waals surface area (Å²) in [5, 5.41) is 1.50. The highest BCUT2D eigenvalue weighted by molar-refractivity contribution is 6.35. The van der Waals surface area contributed by atoms with Gasteiger partial charge >= 0.3 is 0 Å². The van der Waals surface area contributed by atoms with E-state index in [1.807, 2.05) is 54.6 Å². The van der Waals surface area contributed by atoms with Gasteiger partial charge in [0.05, 0.1) is 16.2 Å². The molecule has 162 valence electrons. The molecule has 5 rings (SSSR count). The normalized spacial score (nSPS) is 14.2. The molecule has 1 aliphatic heterocycles. The molecule has 3 heterocycles. The molecule has 2 aromatic heterocycles. The molecule has 2 N–H and O–H groups in total. The van der Waals surface area contributed by atoms with Gasteiger partial charge in [-0.2, -0.15) is 0 Å². The SMILES string of the molecule is Nc1nc(-c2ccccc2)c(-c2cc(Cl)c3ncccc3c2)nc1OCCN1CCCC1. The Morgan fingerprint density at radius 2 is 1.72 bits per heavy atom. The van der Waals surface area contributed by atoms with E-state index in [4.69, 9.17) is 32.0 Å². The van der Waals surface area contributed by atoms with Gasteiger partial charge in [0.1, 0.15) is 12.3 Å². The second kappa shape index (κ2) is 9.10. The third-order valence-electron chi connectivity index (χ3n) is 5.71. The first-order valence-corrected chi connectivity index (χ1v) is 11.2. The number of fused-ring (bicyclic) bond motifs is 1. The zero-order valence-corrected chi connectivity index (χ0v) is 18.4. The zero-order valence-electron chi connectivity index (χ0n) is 17.7. The van der Waals surface area contributed by atoms with Crippen molar-refractivity contribution in [2.24, 2.45) is 0 Å². The van der Waals surface area contributed by atoms with Gasteiger partial charge in [-0.15, -0.1) is 0 Å². The number of rotatable bonds is 6. The number of benzene rings is 2. The second-order valence-electron chi connectivity index (χ2n) is 7.91. The van der Waals surface area contributed by atoms with Gasteiger partial charge in [0, 0.05) is 29.3 Å². The van der Waals surface area contributed by atoms with Crippen molar-refractivity contribution in [1.29, 1.82) is 0 Å². The quantitative estimate of drug-likeness (QED) is 0.446. The van der Waals surface area contributed by atoms with Crippen LogP contribution in [0.5, 0.6) is 5.88 Å². The maximum Gasteiger partial charge on any atom is 0.257 e. The van der Waals surface area contributed by atoms with Crippen LogP contribution in [0.2, 0.25) is 5.02 Å². The molecule has 1 fully saturated rings. The van der Waals surface area contributed by atoms with Gasteiger partial charge in [-0.05, 0) is 44.1 Å². The van der Waals surface area contributed by atoms with Gasteiger partial charge < -0.3 is 10.5 Å². The van der Waals surface area contributed by atoms with Crippen LogP contribution in [-0.4, -0.2) is 46.1 Å². The van der Waals surface area contributed by atoms with Crippen LogP contribution in [0.3, 0.4) is 0 Å². The number of halogens is 1. The van der Waals surface area contributed by atoms with Crippen LogP contribution in [0.15, 0.2) is 60.8 Å². The number of nitrogens with two attached hydrogens (primary N) is 1. The van der Waals surface area contributed by atoms with Crippen LogP contribution in [0.25, 0.3) is 33.4 Å². The molecule has 32 heavy (non-hydrogen) atoms. The lowest BCUT2D eigenvalue weighted by atomic mass is 10.0. The summed E-state index contributed by atoms with van der Waals surface area (Å²) in [6.07, 6.45) is 4.23.